The van der Waals surface area contributed by atoms with Gasteiger partial charge in [0.2, 0.25) is 0 Å². The van der Waals surface area contributed by atoms with Crippen LogP contribution in [0.1, 0.15) is 22.3 Å². The fourth-order valence-corrected chi connectivity index (χ4v) is 4.02. The molecule has 2 heterocycles. The Hall–Kier alpha value is -3.16. The summed E-state index contributed by atoms with van der Waals surface area (Å²) in [7, 11) is 3.80. The molecule has 33 heavy (non-hydrogen) atoms. The molecule has 1 fully saturated rings. The van der Waals surface area contributed by atoms with Crippen molar-refractivity contribution >= 4 is 5.91 Å². The topological polar surface area (TPSA) is 62.6 Å². The van der Waals surface area contributed by atoms with Crippen LogP contribution in [0.4, 0.5) is 0 Å². The zero-order chi connectivity index (χ0) is 23.2. The number of benzene rings is 2. The van der Waals surface area contributed by atoms with E-state index in [-0.39, 0.29) is 5.91 Å². The minimum Gasteiger partial charge on any atom is -0.497 e. The van der Waals surface area contributed by atoms with Crippen molar-refractivity contribution < 1.29 is 9.53 Å². The number of hydrogen-bond donors (Lipinski definition) is 1. The second kappa shape index (κ2) is 10.6. The summed E-state index contributed by atoms with van der Waals surface area (Å²) in [6.45, 7) is 8.08. The molecule has 0 spiro atoms. The number of rotatable bonds is 8. The van der Waals surface area contributed by atoms with Gasteiger partial charge in [-0.1, -0.05) is 29.8 Å². The highest BCUT2D eigenvalue weighted by Gasteiger charge is 2.19. The van der Waals surface area contributed by atoms with Gasteiger partial charge in [-0.15, -0.1) is 0 Å². The predicted octanol–water partition coefficient (Wildman–Crippen LogP) is 3.22. The molecule has 0 aliphatic carbocycles. The average molecular weight is 448 g/mol. The van der Waals surface area contributed by atoms with E-state index in [9.17, 15) is 4.79 Å². The van der Waals surface area contributed by atoms with Crippen LogP contribution in [0.15, 0.2) is 54.7 Å². The van der Waals surface area contributed by atoms with Crippen molar-refractivity contribution in [1.29, 1.82) is 0 Å². The Morgan fingerprint density at radius 2 is 1.85 bits per heavy atom. The highest BCUT2D eigenvalue weighted by Crippen LogP contribution is 2.27. The molecule has 0 unspecified atom stereocenters. The monoisotopic (exact) mass is 447 g/mol. The molecule has 7 heteroatoms. The molecule has 4 rings (SSSR count). The zero-order valence-electron chi connectivity index (χ0n) is 19.8. The number of nitrogens with one attached hydrogen (secondary N) is 1. The van der Waals surface area contributed by atoms with Crippen LogP contribution in [0, 0.1) is 6.92 Å². The molecular weight excluding hydrogens is 414 g/mol. The van der Waals surface area contributed by atoms with Gasteiger partial charge in [0.05, 0.1) is 18.4 Å². The van der Waals surface area contributed by atoms with Gasteiger partial charge < -0.3 is 19.9 Å². The molecule has 1 amide bonds. The molecule has 2 aromatic carbocycles. The smallest absolute Gasteiger partial charge is 0.255 e. The van der Waals surface area contributed by atoms with Crippen LogP contribution < -0.4 is 10.1 Å². The largest absolute Gasteiger partial charge is 0.497 e. The molecule has 1 saturated heterocycles. The van der Waals surface area contributed by atoms with Crippen molar-refractivity contribution in [3.8, 4) is 22.7 Å². The summed E-state index contributed by atoms with van der Waals surface area (Å²) in [5, 5.41) is 7.87. The molecule has 1 aliphatic rings. The molecule has 174 valence electrons. The summed E-state index contributed by atoms with van der Waals surface area (Å²) in [5.41, 5.74) is 4.15. The number of aryl methyl sites for hydroxylation is 1. The highest BCUT2D eigenvalue weighted by molar-refractivity contribution is 6.00. The van der Waals surface area contributed by atoms with Crippen LogP contribution in [-0.2, 0) is 0 Å². The third-order valence-corrected chi connectivity index (χ3v) is 6.13. The molecule has 1 N–H and O–H groups in total. The SMILES string of the molecule is COc1cccc(-c2nn(-c3ccc(C)cc3)cc2C(=O)NCCCN2CCN(C)CC2)c1. The predicted molar refractivity (Wildman–Crippen MR) is 131 cm³/mol. The van der Waals surface area contributed by atoms with Crippen LogP contribution in [0.2, 0.25) is 0 Å². The first-order chi connectivity index (χ1) is 16.0. The van der Waals surface area contributed by atoms with E-state index in [0.717, 1.165) is 56.1 Å². The maximum absolute atomic E-state index is 13.2. The minimum absolute atomic E-state index is 0.107. The Morgan fingerprint density at radius 3 is 2.58 bits per heavy atom. The van der Waals surface area contributed by atoms with Crippen molar-refractivity contribution in [2.75, 3.05) is 53.4 Å². The van der Waals surface area contributed by atoms with Gasteiger partial charge in [-0.05, 0) is 51.2 Å². The van der Waals surface area contributed by atoms with Crippen molar-refractivity contribution in [3.63, 3.8) is 0 Å². The summed E-state index contributed by atoms with van der Waals surface area (Å²) in [6.07, 6.45) is 2.74. The fraction of sp³-hybridized carbons (Fsp3) is 0.385. The van der Waals surface area contributed by atoms with Crippen molar-refractivity contribution in [2.24, 2.45) is 0 Å². The van der Waals surface area contributed by atoms with Crippen molar-refractivity contribution in [3.05, 3.63) is 65.9 Å². The lowest BCUT2D eigenvalue weighted by molar-refractivity contribution is 0.0950. The second-order valence-electron chi connectivity index (χ2n) is 8.66. The van der Waals surface area contributed by atoms with Crippen molar-refractivity contribution in [1.82, 2.24) is 24.9 Å². The summed E-state index contributed by atoms with van der Waals surface area (Å²) in [5.74, 6) is 0.625. The van der Waals surface area contributed by atoms with Crippen LogP contribution in [0.5, 0.6) is 5.75 Å². The van der Waals surface area contributed by atoms with E-state index < -0.39 is 0 Å². The number of amides is 1. The molecule has 0 saturated carbocycles. The quantitative estimate of drug-likeness (QED) is 0.537. The number of carbonyl (C=O) groups excluding carboxylic acids is 1. The van der Waals surface area contributed by atoms with E-state index in [0.29, 0.717) is 17.8 Å². The zero-order valence-corrected chi connectivity index (χ0v) is 19.8. The standard InChI is InChI=1S/C26H33N5O2/c1-20-8-10-22(11-9-20)31-19-24(25(28-31)21-6-4-7-23(18-21)33-3)26(32)27-12-5-13-30-16-14-29(2)15-17-30/h4,6-11,18-19H,5,12-17H2,1-3H3,(H,27,32). The van der Waals surface area contributed by atoms with E-state index in [1.807, 2.05) is 54.7 Å². The Morgan fingerprint density at radius 1 is 1.09 bits per heavy atom. The Labute approximate surface area is 196 Å². The van der Waals surface area contributed by atoms with Crippen LogP contribution >= 0.6 is 0 Å². The molecule has 7 nitrogen and oxygen atoms in total. The molecule has 1 aliphatic heterocycles. The lowest BCUT2D eigenvalue weighted by Crippen LogP contribution is -2.45. The van der Waals surface area contributed by atoms with Crippen molar-refractivity contribution in [2.45, 2.75) is 13.3 Å². The summed E-state index contributed by atoms with van der Waals surface area (Å²) in [6, 6.07) is 15.8. The van der Waals surface area contributed by atoms with Gasteiger partial charge in [-0.25, -0.2) is 4.68 Å². The first-order valence-electron chi connectivity index (χ1n) is 11.5. The number of aromatic nitrogens is 2. The molecule has 1 aromatic heterocycles. The number of likely N-dealkylation sites (N-methyl/N-ethyl adjacent to an activating group) is 1. The first-order valence-corrected chi connectivity index (χ1v) is 11.5. The Balaban J connectivity index is 1.49. The Bertz CT molecular complexity index is 1070. The van der Waals surface area contributed by atoms with E-state index in [1.54, 1.807) is 11.8 Å². The van der Waals surface area contributed by atoms with Gasteiger partial charge in [0.1, 0.15) is 11.4 Å². The van der Waals surface area contributed by atoms with Gasteiger partial charge >= 0.3 is 0 Å². The van der Waals surface area contributed by atoms with Crippen LogP contribution in [-0.4, -0.2) is 78.9 Å². The van der Waals surface area contributed by atoms with Gasteiger partial charge in [0.15, 0.2) is 0 Å². The Kier molecular flexibility index (Phi) is 7.42. The van der Waals surface area contributed by atoms with Gasteiger partial charge in [-0.3, -0.25) is 4.79 Å². The molecule has 0 bridgehead atoms. The van der Waals surface area contributed by atoms with Gasteiger partial charge in [0.25, 0.3) is 5.91 Å². The molecular formula is C26H33N5O2. The van der Waals surface area contributed by atoms with E-state index >= 15 is 0 Å². The molecule has 0 atom stereocenters. The highest BCUT2D eigenvalue weighted by atomic mass is 16.5. The van der Waals surface area contributed by atoms with Gasteiger partial charge in [0, 0.05) is 44.5 Å². The lowest BCUT2D eigenvalue weighted by Gasteiger charge is -2.32. The third kappa shape index (κ3) is 5.80. The van der Waals surface area contributed by atoms with Crippen LogP contribution in [0.3, 0.4) is 0 Å². The lowest BCUT2D eigenvalue weighted by atomic mass is 10.1. The normalized spacial score (nSPS) is 14.9. The van der Waals surface area contributed by atoms with E-state index in [2.05, 4.69) is 29.1 Å². The fourth-order valence-electron chi connectivity index (χ4n) is 4.02. The summed E-state index contributed by atoms with van der Waals surface area (Å²) < 4.78 is 7.15. The molecule has 0 radical (unpaired) electrons. The number of carbonyl (C=O) groups is 1. The minimum atomic E-state index is -0.107. The van der Waals surface area contributed by atoms with Gasteiger partial charge in [-0.2, -0.15) is 5.10 Å². The second-order valence-corrected chi connectivity index (χ2v) is 8.66. The average Bonchev–Trinajstić information content (AvgIpc) is 3.29. The number of ether oxygens (including phenoxy) is 1. The summed E-state index contributed by atoms with van der Waals surface area (Å²) in [4.78, 5) is 18.0. The third-order valence-electron chi connectivity index (χ3n) is 6.13. The number of piperazine rings is 1. The first kappa shape index (κ1) is 23.0. The molecule has 3 aromatic rings. The van der Waals surface area contributed by atoms with Crippen LogP contribution in [0.25, 0.3) is 16.9 Å². The summed E-state index contributed by atoms with van der Waals surface area (Å²) >= 11 is 0. The number of nitrogens with zero attached hydrogens (tertiary/aromatic N) is 4. The van der Waals surface area contributed by atoms with E-state index in [4.69, 9.17) is 9.84 Å². The number of hydrogen-bond acceptors (Lipinski definition) is 5. The maximum Gasteiger partial charge on any atom is 0.255 e. The maximum atomic E-state index is 13.2. The van der Waals surface area contributed by atoms with E-state index in [1.165, 1.54) is 5.56 Å². The number of methoxy groups -OCH3 is 1.